The molecule has 0 amide bonds. The lowest BCUT2D eigenvalue weighted by Crippen LogP contribution is -2.34. The third-order valence-corrected chi connectivity index (χ3v) is 3.84. The highest BCUT2D eigenvalue weighted by Gasteiger charge is 2.13. The van der Waals surface area contributed by atoms with E-state index in [0.717, 1.165) is 23.6 Å². The van der Waals surface area contributed by atoms with Gasteiger partial charge in [0.1, 0.15) is 0 Å². The fourth-order valence-corrected chi connectivity index (χ4v) is 2.73. The number of hydrogen-bond donors (Lipinski definition) is 2. The first-order valence-corrected chi connectivity index (χ1v) is 7.95. The monoisotopic (exact) mass is 316 g/mol. The molecule has 1 aromatic carbocycles. The van der Waals surface area contributed by atoms with Crippen LogP contribution >= 0.6 is 12.2 Å². The molecule has 0 radical (unpaired) electrons. The molecular formula is C17H24N4S. The summed E-state index contributed by atoms with van der Waals surface area (Å²) in [5.74, 6) is 0. The van der Waals surface area contributed by atoms with E-state index in [9.17, 15) is 0 Å². The van der Waals surface area contributed by atoms with Crippen molar-refractivity contribution in [1.82, 2.24) is 15.1 Å². The molecule has 2 N–H and O–H groups in total. The third-order valence-electron chi connectivity index (χ3n) is 3.62. The number of nitrogens with one attached hydrogen (secondary N) is 2. The lowest BCUT2D eigenvalue weighted by atomic mass is 10.1. The van der Waals surface area contributed by atoms with Gasteiger partial charge in [0.05, 0.1) is 23.6 Å². The summed E-state index contributed by atoms with van der Waals surface area (Å²) in [6.45, 7) is 11.1. The number of thiocarbonyl (C=S) groups is 1. The second kappa shape index (κ2) is 6.92. The molecule has 4 nitrogen and oxygen atoms in total. The highest BCUT2D eigenvalue weighted by Crippen LogP contribution is 2.21. The van der Waals surface area contributed by atoms with Gasteiger partial charge in [-0.3, -0.25) is 4.68 Å². The van der Waals surface area contributed by atoms with Gasteiger partial charge in [-0.2, -0.15) is 5.10 Å². The van der Waals surface area contributed by atoms with Crippen molar-refractivity contribution in [2.24, 2.45) is 0 Å². The van der Waals surface area contributed by atoms with Gasteiger partial charge in [-0.25, -0.2) is 0 Å². The number of benzene rings is 1. The zero-order chi connectivity index (χ0) is 16.3. The summed E-state index contributed by atoms with van der Waals surface area (Å²) < 4.78 is 2.03. The molecule has 0 aliphatic rings. The van der Waals surface area contributed by atoms with E-state index in [1.807, 2.05) is 11.6 Å². The van der Waals surface area contributed by atoms with Gasteiger partial charge >= 0.3 is 0 Å². The molecule has 22 heavy (non-hydrogen) atoms. The largest absolute Gasteiger partial charge is 0.360 e. The van der Waals surface area contributed by atoms with E-state index in [1.165, 1.54) is 11.1 Å². The molecule has 118 valence electrons. The van der Waals surface area contributed by atoms with Crippen molar-refractivity contribution in [3.8, 4) is 0 Å². The van der Waals surface area contributed by atoms with Crippen molar-refractivity contribution >= 4 is 23.0 Å². The summed E-state index contributed by atoms with van der Waals surface area (Å²) in [6, 6.07) is 8.70. The topological polar surface area (TPSA) is 41.9 Å². The molecule has 0 aliphatic heterocycles. The first-order chi connectivity index (χ1) is 10.4. The highest BCUT2D eigenvalue weighted by molar-refractivity contribution is 7.80. The van der Waals surface area contributed by atoms with E-state index in [1.54, 1.807) is 0 Å². The van der Waals surface area contributed by atoms with Crippen molar-refractivity contribution in [3.63, 3.8) is 0 Å². The molecule has 0 bridgehead atoms. The number of aryl methyl sites for hydroxylation is 2. The Morgan fingerprint density at radius 2 is 1.91 bits per heavy atom. The van der Waals surface area contributed by atoms with E-state index in [0.29, 0.717) is 11.2 Å². The Morgan fingerprint density at radius 1 is 1.23 bits per heavy atom. The van der Waals surface area contributed by atoms with Gasteiger partial charge in [-0.05, 0) is 58.0 Å². The molecule has 0 saturated carbocycles. The van der Waals surface area contributed by atoms with Crippen molar-refractivity contribution in [3.05, 3.63) is 46.8 Å². The standard InChI is InChI=1S/C17H24N4S/c1-11(2)18-17(22)19-16-13(4)20-21(14(16)5)10-15-9-7-6-8-12(15)3/h6-9,11H,10H2,1-5H3,(H2,18,19,22). The van der Waals surface area contributed by atoms with Crippen LogP contribution < -0.4 is 10.6 Å². The van der Waals surface area contributed by atoms with Gasteiger partial charge in [0.15, 0.2) is 5.11 Å². The van der Waals surface area contributed by atoms with Crippen molar-refractivity contribution in [1.29, 1.82) is 0 Å². The number of nitrogens with zero attached hydrogens (tertiary/aromatic N) is 2. The van der Waals surface area contributed by atoms with Crippen molar-refractivity contribution < 1.29 is 0 Å². The normalized spacial score (nSPS) is 10.8. The SMILES string of the molecule is Cc1ccccc1Cn1nc(C)c(NC(=S)NC(C)C)c1C. The molecule has 5 heteroatoms. The summed E-state index contributed by atoms with van der Waals surface area (Å²) in [5.41, 5.74) is 5.60. The van der Waals surface area contributed by atoms with Crippen LogP contribution in [0.1, 0.15) is 36.4 Å². The molecule has 2 rings (SSSR count). The van der Waals surface area contributed by atoms with Crippen LogP contribution in [-0.4, -0.2) is 20.9 Å². The van der Waals surface area contributed by atoms with Crippen LogP contribution in [0.25, 0.3) is 0 Å². The molecule has 0 saturated heterocycles. The minimum Gasteiger partial charge on any atom is -0.360 e. The number of hydrogen-bond acceptors (Lipinski definition) is 2. The molecule has 0 unspecified atom stereocenters. The Bertz CT molecular complexity index is 673. The fourth-order valence-electron chi connectivity index (χ4n) is 2.39. The molecule has 0 atom stereocenters. The fraction of sp³-hybridized carbons (Fsp3) is 0.412. The Morgan fingerprint density at radius 3 is 2.55 bits per heavy atom. The van der Waals surface area contributed by atoms with E-state index >= 15 is 0 Å². The van der Waals surface area contributed by atoms with Gasteiger partial charge in [0.2, 0.25) is 0 Å². The second-order valence-corrected chi connectivity index (χ2v) is 6.29. The van der Waals surface area contributed by atoms with E-state index in [2.05, 4.69) is 67.7 Å². The quantitative estimate of drug-likeness (QED) is 0.847. The average Bonchev–Trinajstić information content (AvgIpc) is 2.68. The van der Waals surface area contributed by atoms with Crippen LogP contribution in [-0.2, 0) is 6.54 Å². The Kier molecular flexibility index (Phi) is 5.19. The van der Waals surface area contributed by atoms with Gasteiger partial charge in [0.25, 0.3) is 0 Å². The number of aromatic nitrogens is 2. The molecule has 0 aliphatic carbocycles. The van der Waals surface area contributed by atoms with E-state index in [4.69, 9.17) is 12.2 Å². The molecular weight excluding hydrogens is 292 g/mol. The van der Waals surface area contributed by atoms with Gasteiger partial charge in [-0.1, -0.05) is 24.3 Å². The maximum Gasteiger partial charge on any atom is 0.171 e. The molecule has 0 fully saturated rings. The Hall–Kier alpha value is -1.88. The highest BCUT2D eigenvalue weighted by atomic mass is 32.1. The van der Waals surface area contributed by atoms with Crippen LogP contribution in [0.5, 0.6) is 0 Å². The predicted molar refractivity (Wildman–Crippen MR) is 96.5 cm³/mol. The van der Waals surface area contributed by atoms with Crippen LogP contribution in [0.2, 0.25) is 0 Å². The molecule has 0 spiro atoms. The number of anilines is 1. The average molecular weight is 316 g/mol. The second-order valence-electron chi connectivity index (χ2n) is 5.88. The first kappa shape index (κ1) is 16.5. The number of rotatable bonds is 4. The summed E-state index contributed by atoms with van der Waals surface area (Å²) in [6.07, 6.45) is 0. The lowest BCUT2D eigenvalue weighted by molar-refractivity contribution is 0.657. The third kappa shape index (κ3) is 3.85. The zero-order valence-electron chi connectivity index (χ0n) is 13.9. The smallest absolute Gasteiger partial charge is 0.171 e. The van der Waals surface area contributed by atoms with Crippen LogP contribution in [0.15, 0.2) is 24.3 Å². The molecule has 2 aromatic rings. The van der Waals surface area contributed by atoms with Crippen molar-refractivity contribution in [2.45, 2.75) is 47.2 Å². The molecule has 1 heterocycles. The first-order valence-electron chi connectivity index (χ1n) is 7.54. The van der Waals surface area contributed by atoms with E-state index in [-0.39, 0.29) is 0 Å². The summed E-state index contributed by atoms with van der Waals surface area (Å²) in [7, 11) is 0. The van der Waals surface area contributed by atoms with E-state index < -0.39 is 0 Å². The lowest BCUT2D eigenvalue weighted by Gasteiger charge is -2.13. The van der Waals surface area contributed by atoms with Crippen molar-refractivity contribution in [2.75, 3.05) is 5.32 Å². The maximum absolute atomic E-state index is 5.33. The van der Waals surface area contributed by atoms with Gasteiger partial charge < -0.3 is 10.6 Å². The minimum atomic E-state index is 0.308. The van der Waals surface area contributed by atoms with Crippen LogP contribution in [0.3, 0.4) is 0 Å². The van der Waals surface area contributed by atoms with Crippen LogP contribution in [0.4, 0.5) is 5.69 Å². The summed E-state index contributed by atoms with van der Waals surface area (Å²) in [4.78, 5) is 0. The van der Waals surface area contributed by atoms with Crippen LogP contribution in [0, 0.1) is 20.8 Å². The Labute approximate surface area is 137 Å². The summed E-state index contributed by atoms with van der Waals surface area (Å²) in [5, 5.41) is 11.7. The zero-order valence-corrected chi connectivity index (χ0v) is 14.7. The minimum absolute atomic E-state index is 0.308. The molecule has 1 aromatic heterocycles. The summed E-state index contributed by atoms with van der Waals surface area (Å²) >= 11 is 5.33. The Balaban J connectivity index is 2.20. The maximum atomic E-state index is 5.33. The van der Waals surface area contributed by atoms with Gasteiger partial charge in [-0.15, -0.1) is 0 Å². The predicted octanol–water partition coefficient (Wildman–Crippen LogP) is 3.55. The van der Waals surface area contributed by atoms with Gasteiger partial charge in [0, 0.05) is 6.04 Å².